The van der Waals surface area contributed by atoms with E-state index in [0.717, 1.165) is 178 Å². The minimum atomic E-state index is -0.470. The van der Waals surface area contributed by atoms with Gasteiger partial charge in [0.1, 0.15) is 29.3 Å². The second kappa shape index (κ2) is 39.0. The first-order valence-electron chi connectivity index (χ1n) is 39.2. The fourth-order valence-electron chi connectivity index (χ4n) is 16.1. The third-order valence-electron chi connectivity index (χ3n) is 21.9. The molecule has 7 saturated heterocycles. The lowest BCUT2D eigenvalue weighted by Crippen LogP contribution is -2.36. The number of anilines is 3. The fourth-order valence-corrected chi connectivity index (χ4v) is 16.5. The number of nitrogens with one attached hydrogen (secondary N) is 1. The van der Waals surface area contributed by atoms with Gasteiger partial charge in [0, 0.05) is 152 Å². The van der Waals surface area contributed by atoms with Gasteiger partial charge in [0.05, 0.1) is 53.9 Å². The van der Waals surface area contributed by atoms with Gasteiger partial charge >= 0.3 is 0 Å². The van der Waals surface area contributed by atoms with Crippen molar-refractivity contribution < 1.29 is 52.3 Å². The van der Waals surface area contributed by atoms with E-state index in [-0.39, 0.29) is 24.0 Å². The van der Waals surface area contributed by atoms with Gasteiger partial charge < -0.3 is 88.2 Å². The molecule has 0 aliphatic carbocycles. The molecule has 108 heavy (non-hydrogen) atoms. The van der Waals surface area contributed by atoms with Gasteiger partial charge in [-0.05, 0) is 267 Å². The molecule has 0 bridgehead atoms. The van der Waals surface area contributed by atoms with Gasteiger partial charge in [-0.15, -0.1) is 0 Å². The average molecular weight is 1540 g/mol. The quantitative estimate of drug-likeness (QED) is 0.0606. The first-order valence-corrected chi connectivity index (χ1v) is 40.0. The van der Waals surface area contributed by atoms with E-state index in [9.17, 15) is 14.4 Å². The van der Waals surface area contributed by atoms with Gasteiger partial charge in [0.2, 0.25) is 11.8 Å². The van der Waals surface area contributed by atoms with Gasteiger partial charge in [-0.25, -0.2) is 0 Å². The number of likely N-dealkylation sites (tertiary alicyclic amines) is 1. The van der Waals surface area contributed by atoms with Crippen LogP contribution in [0.5, 0.6) is 23.0 Å². The van der Waals surface area contributed by atoms with E-state index in [1.54, 1.807) is 34.5 Å². The summed E-state index contributed by atoms with van der Waals surface area (Å²) < 4.78 is 50.5. The normalized spacial score (nSPS) is 19.5. The monoisotopic (exact) mass is 1540 g/mol. The number of nitrogens with zero attached hydrogens (tertiary/aromatic N) is 6. The van der Waals surface area contributed by atoms with Crippen molar-refractivity contribution in [2.24, 2.45) is 11.5 Å². The lowest BCUT2D eigenvalue weighted by molar-refractivity contribution is -0.138. The molecule has 2 aromatic heterocycles. The van der Waals surface area contributed by atoms with E-state index in [1.165, 1.54) is 91.4 Å². The Labute approximate surface area is 648 Å². The van der Waals surface area contributed by atoms with Crippen LogP contribution in [0.15, 0.2) is 138 Å². The van der Waals surface area contributed by atoms with E-state index in [1.807, 2.05) is 76.2 Å². The Kier molecular flexibility index (Phi) is 29.2. The van der Waals surface area contributed by atoms with E-state index >= 15 is 0 Å². The highest BCUT2D eigenvalue weighted by Gasteiger charge is 2.35. The largest absolute Gasteiger partial charge is 0.496 e. The Morgan fingerprint density at radius 3 is 1.31 bits per heavy atom. The average Bonchev–Trinajstić information content (AvgIpc) is 1.64. The van der Waals surface area contributed by atoms with Gasteiger partial charge in [0.25, 0.3) is 0 Å². The Morgan fingerprint density at radius 2 is 0.889 bits per heavy atom. The van der Waals surface area contributed by atoms with Crippen molar-refractivity contribution in [2.45, 2.75) is 173 Å². The summed E-state index contributed by atoms with van der Waals surface area (Å²) in [5, 5.41) is 5.69. The van der Waals surface area contributed by atoms with Crippen molar-refractivity contribution in [3.63, 3.8) is 0 Å². The molecule has 8 aromatic rings. The van der Waals surface area contributed by atoms with Gasteiger partial charge in [-0.3, -0.25) is 9.59 Å². The number of carbonyl (C=O) groups is 3. The maximum atomic E-state index is 11.6. The molecule has 21 heteroatoms. The summed E-state index contributed by atoms with van der Waals surface area (Å²) >= 11 is 3.47. The van der Waals surface area contributed by atoms with Crippen molar-refractivity contribution in [1.29, 1.82) is 0 Å². The number of hydrogen-bond donors (Lipinski definition) is 3. The maximum Gasteiger partial charge on any atom is 0.248 e. The number of benzene rings is 6. The number of rotatable bonds is 20. The first-order chi connectivity index (χ1) is 52.3. The van der Waals surface area contributed by atoms with E-state index in [4.69, 9.17) is 49.4 Å². The van der Waals surface area contributed by atoms with Crippen molar-refractivity contribution >= 4 is 72.9 Å². The SMILES string of the molecule is COc1ccc(Br)cc1CC1COC(C)(C)O1.COc1ccc(N2CCCCC2)cc1CC1COC(C)(C)O1.COc1ccc(N2CCCCC2)cc1CC=O.COc1ccc(N2CCCCC2)cc1CCN1CCC(n2ccc3ccc(C(N)=O)cc32)CC1.NC(=O)c1ccc2ccn(C3CCNCC3)c2c1. The number of aromatic nitrogens is 2. The first kappa shape index (κ1) is 80.9. The second-order valence-corrected chi connectivity index (χ2v) is 31.2. The van der Waals surface area contributed by atoms with E-state index < -0.39 is 11.6 Å². The number of hydrogen-bond acceptors (Lipinski definition) is 16. The Morgan fingerprint density at radius 1 is 0.491 bits per heavy atom. The van der Waals surface area contributed by atoms with Crippen LogP contribution in [0.25, 0.3) is 21.8 Å². The number of amides is 2. The number of primary amides is 2. The van der Waals surface area contributed by atoms with Crippen LogP contribution < -0.4 is 50.4 Å². The summed E-state index contributed by atoms with van der Waals surface area (Å²) in [6, 6.07) is 41.9. The highest BCUT2D eigenvalue weighted by Crippen LogP contribution is 2.36. The summed E-state index contributed by atoms with van der Waals surface area (Å²) in [6.45, 7) is 21.3. The zero-order chi connectivity index (χ0) is 76.2. The van der Waals surface area contributed by atoms with Crippen LogP contribution in [0, 0.1) is 0 Å². The molecule has 7 fully saturated rings. The van der Waals surface area contributed by atoms with Gasteiger partial charge in [-0.2, -0.15) is 0 Å². The Balaban J connectivity index is 0.000000139. The molecule has 5 N–H and O–H groups in total. The van der Waals surface area contributed by atoms with Crippen LogP contribution in [0.1, 0.15) is 166 Å². The third kappa shape index (κ3) is 22.1. The van der Waals surface area contributed by atoms with E-state index in [2.05, 4.69) is 129 Å². The summed E-state index contributed by atoms with van der Waals surface area (Å²) in [6.07, 6.45) is 24.6. The number of ether oxygens (including phenoxy) is 8. The predicted molar refractivity (Wildman–Crippen MR) is 435 cm³/mol. The highest BCUT2D eigenvalue weighted by molar-refractivity contribution is 9.10. The second-order valence-electron chi connectivity index (χ2n) is 30.3. The number of piperidine rings is 5. The molecule has 20 nitrogen and oxygen atoms in total. The molecule has 7 aliphatic rings. The molecule has 2 amide bonds. The van der Waals surface area contributed by atoms with Crippen LogP contribution >= 0.6 is 15.9 Å². The Hall–Kier alpha value is -8.15. The molecule has 15 rings (SSSR count). The molecule has 7 aliphatic heterocycles. The molecular weight excluding hydrogens is 1430 g/mol. The standard InChI is InChI=1S/C28H36N4O2.C18H27NO3.C14H17N3O.C14H19NO2.C13H17BrO3/c1-34-27-8-7-25(31-13-3-2-4-14-31)19-22(27)9-15-30-16-11-24(12-17-30)32-18-10-21-5-6-23(28(29)33)20-26(21)32;1-18(2)21-13-16(22-18)12-14-11-15(7-8-17(14)20-3)19-9-5-4-6-10-19;15-14(18)11-2-1-10-5-8-17(13(10)9-11)12-3-6-16-7-4-12;1-17-14-6-5-13(11-12(14)7-10-16)15-8-3-2-4-9-15;1-13(2)16-8-11(17-13)7-9-6-10(14)4-5-12(9)15-3/h5-8,10,18-20,24H,2-4,9,11-17H2,1H3,(H2,29,33);7-8,11,16H,4-6,9-10,12-13H2,1-3H3;1-2,5,8-9,12,16H,3-4,6-7H2,(H2,15,18);5-6,10-11H,2-4,7-9H2,1H3;4-6,11H,7-8H2,1-3H3. The smallest absolute Gasteiger partial charge is 0.248 e. The summed E-state index contributed by atoms with van der Waals surface area (Å²) in [5.41, 5.74) is 22.7. The zero-order valence-electron chi connectivity index (χ0n) is 65.0. The maximum absolute atomic E-state index is 11.6. The van der Waals surface area contributed by atoms with Crippen LogP contribution in [0.4, 0.5) is 17.1 Å². The highest BCUT2D eigenvalue weighted by atomic mass is 79.9. The zero-order valence-corrected chi connectivity index (χ0v) is 66.6. The molecule has 0 spiro atoms. The summed E-state index contributed by atoms with van der Waals surface area (Å²) in [5.74, 6) is 1.96. The van der Waals surface area contributed by atoms with E-state index in [0.29, 0.717) is 42.8 Å². The third-order valence-corrected chi connectivity index (χ3v) is 22.4. The molecule has 2 unspecified atom stereocenters. The number of nitrogens with two attached hydrogens (primary N) is 2. The Bertz CT molecular complexity index is 4220. The molecule has 9 heterocycles. The number of fused-ring (bicyclic) bond motifs is 2. The molecule has 2 atom stereocenters. The molecule has 582 valence electrons. The van der Waals surface area contributed by atoms with Crippen LogP contribution in [0.3, 0.4) is 0 Å². The molecule has 0 radical (unpaired) electrons. The van der Waals surface area contributed by atoms with Crippen LogP contribution in [0.2, 0.25) is 0 Å². The molecule has 6 aromatic carbocycles. The number of aldehydes is 1. The lowest BCUT2D eigenvalue weighted by atomic mass is 10.0. The number of carbonyl (C=O) groups excluding carboxylic acids is 3. The number of methoxy groups -OCH3 is 4. The minimum Gasteiger partial charge on any atom is -0.496 e. The number of halogens is 1. The molecule has 0 saturated carbocycles. The van der Waals surface area contributed by atoms with Crippen LogP contribution in [-0.2, 0) is 49.4 Å². The van der Waals surface area contributed by atoms with Crippen molar-refractivity contribution in [1.82, 2.24) is 19.4 Å². The van der Waals surface area contributed by atoms with Crippen molar-refractivity contribution in [2.75, 3.05) is 128 Å². The predicted octanol–water partition coefficient (Wildman–Crippen LogP) is 15.2. The van der Waals surface area contributed by atoms with Gasteiger partial charge in [-0.1, -0.05) is 28.1 Å². The minimum absolute atomic E-state index is 0.0909. The fraction of sp³-hybridized carbons (Fsp3) is 0.506. The van der Waals surface area contributed by atoms with Crippen molar-refractivity contribution in [3.05, 3.63) is 172 Å². The summed E-state index contributed by atoms with van der Waals surface area (Å²) in [7, 11) is 6.83. The molecular formula is C87H116BrN9O11. The van der Waals surface area contributed by atoms with Crippen LogP contribution in [-0.4, -0.2) is 170 Å². The van der Waals surface area contributed by atoms with Crippen molar-refractivity contribution in [3.8, 4) is 23.0 Å². The lowest BCUT2D eigenvalue weighted by Gasteiger charge is -2.33. The summed E-state index contributed by atoms with van der Waals surface area (Å²) in [4.78, 5) is 43.5. The van der Waals surface area contributed by atoms with Gasteiger partial charge in [0.15, 0.2) is 11.6 Å². The topological polar surface area (TPSA) is 212 Å².